The van der Waals surface area contributed by atoms with E-state index in [-0.39, 0.29) is 18.2 Å². The minimum atomic E-state index is -0.287. The van der Waals surface area contributed by atoms with Crippen LogP contribution in [0.15, 0.2) is 27.8 Å². The molecule has 0 atom stereocenters. The second-order valence-electron chi connectivity index (χ2n) is 2.93. The van der Waals surface area contributed by atoms with E-state index in [1.807, 2.05) is 0 Å². The SMILES string of the molecule is NC(CNCc1cc(Br)ccc1F)=NO. The summed E-state index contributed by atoms with van der Waals surface area (Å²) < 4.78 is 14.0. The molecule has 0 heterocycles. The van der Waals surface area contributed by atoms with E-state index in [0.29, 0.717) is 12.1 Å². The fraction of sp³-hybridized carbons (Fsp3) is 0.222. The van der Waals surface area contributed by atoms with Crippen LogP contribution in [0.5, 0.6) is 0 Å². The first-order chi connectivity index (χ1) is 7.13. The summed E-state index contributed by atoms with van der Waals surface area (Å²) in [5.74, 6) is -0.226. The van der Waals surface area contributed by atoms with Crippen LogP contribution in [-0.4, -0.2) is 17.6 Å². The highest BCUT2D eigenvalue weighted by molar-refractivity contribution is 9.10. The van der Waals surface area contributed by atoms with Crippen LogP contribution in [0.2, 0.25) is 0 Å². The van der Waals surface area contributed by atoms with E-state index >= 15 is 0 Å². The van der Waals surface area contributed by atoms with E-state index in [1.54, 1.807) is 12.1 Å². The van der Waals surface area contributed by atoms with Crippen LogP contribution in [0.3, 0.4) is 0 Å². The smallest absolute Gasteiger partial charge is 0.153 e. The summed E-state index contributed by atoms with van der Waals surface area (Å²) in [5.41, 5.74) is 5.76. The summed E-state index contributed by atoms with van der Waals surface area (Å²) in [6.45, 7) is 0.532. The second-order valence-corrected chi connectivity index (χ2v) is 3.85. The first kappa shape index (κ1) is 11.9. The van der Waals surface area contributed by atoms with Crippen LogP contribution in [0.25, 0.3) is 0 Å². The van der Waals surface area contributed by atoms with Crippen molar-refractivity contribution in [3.05, 3.63) is 34.1 Å². The summed E-state index contributed by atoms with van der Waals surface area (Å²) in [6, 6.07) is 4.68. The zero-order chi connectivity index (χ0) is 11.3. The predicted octanol–water partition coefficient (Wildman–Crippen LogP) is 1.42. The molecule has 0 fully saturated rings. The van der Waals surface area contributed by atoms with Crippen LogP contribution in [-0.2, 0) is 6.54 Å². The van der Waals surface area contributed by atoms with Gasteiger partial charge in [-0.3, -0.25) is 0 Å². The Kier molecular flexibility index (Phi) is 4.51. The zero-order valence-electron chi connectivity index (χ0n) is 7.87. The molecule has 0 aliphatic heterocycles. The normalized spacial score (nSPS) is 11.7. The molecule has 15 heavy (non-hydrogen) atoms. The number of nitrogens with one attached hydrogen (secondary N) is 1. The van der Waals surface area contributed by atoms with Gasteiger partial charge in [-0.25, -0.2) is 4.39 Å². The molecular formula is C9H11BrFN3O. The van der Waals surface area contributed by atoms with Gasteiger partial charge in [-0.05, 0) is 18.2 Å². The van der Waals surface area contributed by atoms with Crippen LogP contribution in [0, 0.1) is 5.82 Å². The average Bonchev–Trinajstić information content (AvgIpc) is 2.23. The van der Waals surface area contributed by atoms with Gasteiger partial charge in [0.2, 0.25) is 0 Å². The van der Waals surface area contributed by atoms with Crippen molar-refractivity contribution in [2.45, 2.75) is 6.54 Å². The Labute approximate surface area is 95.1 Å². The van der Waals surface area contributed by atoms with Gasteiger partial charge in [-0.15, -0.1) is 0 Å². The number of benzene rings is 1. The summed E-state index contributed by atoms with van der Waals surface area (Å²) in [7, 11) is 0. The lowest BCUT2D eigenvalue weighted by Crippen LogP contribution is -2.28. The van der Waals surface area contributed by atoms with Gasteiger partial charge in [0.25, 0.3) is 0 Å². The molecule has 4 N–H and O–H groups in total. The molecule has 1 rings (SSSR count). The Morgan fingerprint density at radius 3 is 3.00 bits per heavy atom. The molecule has 82 valence electrons. The van der Waals surface area contributed by atoms with Crippen LogP contribution in [0.4, 0.5) is 4.39 Å². The van der Waals surface area contributed by atoms with Crippen molar-refractivity contribution < 1.29 is 9.60 Å². The van der Waals surface area contributed by atoms with Gasteiger partial charge in [-0.2, -0.15) is 0 Å². The molecular weight excluding hydrogens is 265 g/mol. The molecule has 0 unspecified atom stereocenters. The van der Waals surface area contributed by atoms with E-state index in [4.69, 9.17) is 10.9 Å². The predicted molar refractivity (Wildman–Crippen MR) is 59.2 cm³/mol. The quantitative estimate of drug-likeness (QED) is 0.337. The molecule has 0 saturated carbocycles. The average molecular weight is 276 g/mol. The van der Waals surface area contributed by atoms with E-state index in [0.717, 1.165) is 4.47 Å². The minimum Gasteiger partial charge on any atom is -0.409 e. The Morgan fingerprint density at radius 2 is 2.33 bits per heavy atom. The third-order valence-corrected chi connectivity index (χ3v) is 2.25. The van der Waals surface area contributed by atoms with E-state index in [9.17, 15) is 4.39 Å². The van der Waals surface area contributed by atoms with E-state index < -0.39 is 0 Å². The standard InChI is InChI=1S/C9H11BrFN3O/c10-7-1-2-8(11)6(3-7)4-13-5-9(12)14-15/h1-3,13,15H,4-5H2,(H2,12,14). The molecule has 0 bridgehead atoms. The van der Waals surface area contributed by atoms with Crippen molar-refractivity contribution in [1.82, 2.24) is 5.32 Å². The van der Waals surface area contributed by atoms with Crippen molar-refractivity contribution in [2.24, 2.45) is 10.9 Å². The first-order valence-corrected chi connectivity index (χ1v) is 5.04. The van der Waals surface area contributed by atoms with Gasteiger partial charge in [-0.1, -0.05) is 21.1 Å². The summed E-state index contributed by atoms with van der Waals surface area (Å²) in [5, 5.41) is 13.9. The van der Waals surface area contributed by atoms with Gasteiger partial charge in [0.05, 0.1) is 6.54 Å². The number of rotatable bonds is 4. The number of nitrogens with zero attached hydrogens (tertiary/aromatic N) is 1. The molecule has 0 saturated heterocycles. The summed E-state index contributed by atoms with van der Waals surface area (Å²) in [4.78, 5) is 0. The van der Waals surface area contributed by atoms with Gasteiger partial charge >= 0.3 is 0 Å². The summed E-state index contributed by atoms with van der Waals surface area (Å²) in [6.07, 6.45) is 0. The monoisotopic (exact) mass is 275 g/mol. The molecule has 0 aromatic heterocycles. The number of oxime groups is 1. The molecule has 0 amide bonds. The van der Waals surface area contributed by atoms with Gasteiger partial charge in [0, 0.05) is 16.6 Å². The van der Waals surface area contributed by atoms with Gasteiger partial charge in [0.1, 0.15) is 5.82 Å². The Hall–Kier alpha value is -1.14. The molecule has 4 nitrogen and oxygen atoms in total. The third-order valence-electron chi connectivity index (χ3n) is 1.76. The fourth-order valence-corrected chi connectivity index (χ4v) is 1.45. The van der Waals surface area contributed by atoms with Crippen LogP contribution in [0.1, 0.15) is 5.56 Å². The maximum absolute atomic E-state index is 13.2. The third kappa shape index (κ3) is 3.85. The zero-order valence-corrected chi connectivity index (χ0v) is 9.46. The molecule has 0 spiro atoms. The maximum atomic E-state index is 13.2. The highest BCUT2D eigenvalue weighted by Gasteiger charge is 2.02. The summed E-state index contributed by atoms with van der Waals surface area (Å²) >= 11 is 3.25. The lowest BCUT2D eigenvalue weighted by atomic mass is 10.2. The molecule has 0 radical (unpaired) electrons. The van der Waals surface area contributed by atoms with E-state index in [1.165, 1.54) is 6.07 Å². The van der Waals surface area contributed by atoms with Gasteiger partial charge in [0.15, 0.2) is 5.84 Å². The number of hydrogen-bond acceptors (Lipinski definition) is 3. The minimum absolute atomic E-state index is 0.0606. The van der Waals surface area contributed by atoms with Gasteiger partial charge < -0.3 is 16.3 Å². The Bertz CT molecular complexity index is 370. The van der Waals surface area contributed by atoms with Crippen molar-refractivity contribution in [3.63, 3.8) is 0 Å². The molecule has 6 heteroatoms. The van der Waals surface area contributed by atoms with Crippen molar-refractivity contribution in [2.75, 3.05) is 6.54 Å². The lowest BCUT2D eigenvalue weighted by Gasteiger charge is -2.05. The van der Waals surface area contributed by atoms with Crippen LogP contribution < -0.4 is 11.1 Å². The first-order valence-electron chi connectivity index (χ1n) is 4.24. The Balaban J connectivity index is 2.54. The largest absolute Gasteiger partial charge is 0.409 e. The second kappa shape index (κ2) is 5.67. The number of nitrogens with two attached hydrogens (primary N) is 1. The molecule has 1 aromatic rings. The molecule has 0 aliphatic rings. The lowest BCUT2D eigenvalue weighted by molar-refractivity contribution is 0.317. The topological polar surface area (TPSA) is 70.6 Å². The van der Waals surface area contributed by atoms with E-state index in [2.05, 4.69) is 26.4 Å². The number of halogens is 2. The molecule has 0 aliphatic carbocycles. The van der Waals surface area contributed by atoms with Crippen LogP contribution >= 0.6 is 15.9 Å². The Morgan fingerprint density at radius 1 is 1.60 bits per heavy atom. The number of hydrogen-bond donors (Lipinski definition) is 3. The maximum Gasteiger partial charge on any atom is 0.153 e. The number of amidine groups is 1. The highest BCUT2D eigenvalue weighted by atomic mass is 79.9. The fourth-order valence-electron chi connectivity index (χ4n) is 1.04. The van der Waals surface area contributed by atoms with Crippen molar-refractivity contribution in [1.29, 1.82) is 0 Å². The van der Waals surface area contributed by atoms with Crippen molar-refractivity contribution in [3.8, 4) is 0 Å². The van der Waals surface area contributed by atoms with Crippen molar-refractivity contribution >= 4 is 21.8 Å². The highest BCUT2D eigenvalue weighted by Crippen LogP contribution is 2.15. The molecule has 1 aromatic carbocycles.